The zero-order chi connectivity index (χ0) is 14.7. The number of para-hydroxylation sites is 1. The molecule has 0 aliphatic heterocycles. The molecule has 2 aromatic carbocycles. The fraction of sp³-hybridized carbons (Fsp3) is 0.235. The Morgan fingerprint density at radius 1 is 1.14 bits per heavy atom. The molecule has 0 heterocycles. The summed E-state index contributed by atoms with van der Waals surface area (Å²) < 4.78 is 13.4. The highest BCUT2D eigenvalue weighted by Crippen LogP contribution is 2.33. The second-order valence-corrected chi connectivity index (χ2v) is 5.26. The van der Waals surface area contributed by atoms with E-state index in [4.69, 9.17) is 0 Å². The van der Waals surface area contributed by atoms with Crippen LogP contribution in [0.4, 0.5) is 10.1 Å². The van der Waals surface area contributed by atoms with Crippen molar-refractivity contribution in [2.24, 2.45) is 0 Å². The molecule has 0 saturated carbocycles. The van der Waals surface area contributed by atoms with E-state index < -0.39 is 5.82 Å². The second-order valence-electron chi connectivity index (χ2n) is 5.26. The molecule has 1 amide bonds. The molecular weight excluding hydrogens is 267 g/mol. The summed E-state index contributed by atoms with van der Waals surface area (Å²) in [5.41, 5.74) is 2.97. The molecule has 4 heteroatoms. The normalized spacial score (nSPS) is 16.0. The Kier molecular flexibility index (Phi) is 3.97. The molecule has 1 unspecified atom stereocenters. The van der Waals surface area contributed by atoms with Crippen molar-refractivity contribution in [3.8, 4) is 0 Å². The van der Waals surface area contributed by atoms with Crippen LogP contribution in [0.5, 0.6) is 0 Å². The first-order valence-electron chi connectivity index (χ1n) is 7.07. The van der Waals surface area contributed by atoms with Gasteiger partial charge in [-0.1, -0.05) is 36.4 Å². The van der Waals surface area contributed by atoms with Crippen LogP contribution in [-0.4, -0.2) is 19.0 Å². The van der Waals surface area contributed by atoms with Gasteiger partial charge in [0.15, 0.2) is 0 Å². The van der Waals surface area contributed by atoms with Crippen molar-refractivity contribution in [2.75, 3.05) is 18.4 Å². The molecule has 0 spiro atoms. The smallest absolute Gasteiger partial charge is 0.238 e. The first-order chi connectivity index (χ1) is 10.2. The monoisotopic (exact) mass is 284 g/mol. The van der Waals surface area contributed by atoms with Crippen molar-refractivity contribution in [3.05, 3.63) is 65.5 Å². The van der Waals surface area contributed by atoms with E-state index in [1.807, 2.05) is 12.1 Å². The number of hydrogen-bond acceptors (Lipinski definition) is 2. The first-order valence-corrected chi connectivity index (χ1v) is 7.07. The number of rotatable bonds is 5. The minimum Gasteiger partial charge on any atom is -0.322 e. The van der Waals surface area contributed by atoms with E-state index in [0.717, 1.165) is 13.0 Å². The Morgan fingerprint density at radius 3 is 2.71 bits per heavy atom. The summed E-state index contributed by atoms with van der Waals surface area (Å²) in [6, 6.07) is 14.5. The van der Waals surface area contributed by atoms with Crippen molar-refractivity contribution in [3.63, 3.8) is 0 Å². The molecule has 0 saturated heterocycles. The van der Waals surface area contributed by atoms with Crippen LogP contribution >= 0.6 is 0 Å². The van der Waals surface area contributed by atoms with E-state index in [9.17, 15) is 9.18 Å². The van der Waals surface area contributed by atoms with Crippen molar-refractivity contribution < 1.29 is 9.18 Å². The maximum Gasteiger partial charge on any atom is 0.238 e. The quantitative estimate of drug-likeness (QED) is 0.886. The molecule has 0 aromatic heterocycles. The van der Waals surface area contributed by atoms with E-state index in [1.165, 1.54) is 17.2 Å². The van der Waals surface area contributed by atoms with Gasteiger partial charge in [0.2, 0.25) is 5.91 Å². The molecule has 1 atom stereocenters. The summed E-state index contributed by atoms with van der Waals surface area (Å²) in [5.74, 6) is -0.172. The molecule has 3 rings (SSSR count). The molecular formula is C17H17FN2O. The number of carbonyl (C=O) groups is 1. The molecule has 3 nitrogen and oxygen atoms in total. The van der Waals surface area contributed by atoms with Crippen molar-refractivity contribution in [1.82, 2.24) is 5.32 Å². The molecule has 0 bridgehead atoms. The number of amides is 1. The molecule has 1 aliphatic rings. The Balaban J connectivity index is 1.44. The highest BCUT2D eigenvalue weighted by molar-refractivity contribution is 5.92. The predicted octanol–water partition coefficient (Wildman–Crippen LogP) is 2.69. The lowest BCUT2D eigenvalue weighted by Crippen LogP contribution is -2.34. The van der Waals surface area contributed by atoms with Gasteiger partial charge in [-0.25, -0.2) is 4.39 Å². The summed E-state index contributed by atoms with van der Waals surface area (Å²) in [5, 5.41) is 5.70. The van der Waals surface area contributed by atoms with Gasteiger partial charge in [-0.05, 0) is 29.7 Å². The number of carbonyl (C=O) groups excluding carboxylic acids is 1. The molecule has 0 radical (unpaired) electrons. The zero-order valence-corrected chi connectivity index (χ0v) is 11.6. The van der Waals surface area contributed by atoms with Gasteiger partial charge in [0.1, 0.15) is 5.82 Å². The van der Waals surface area contributed by atoms with Gasteiger partial charge in [0.05, 0.1) is 12.2 Å². The highest BCUT2D eigenvalue weighted by Gasteiger charge is 2.24. The lowest BCUT2D eigenvalue weighted by atomic mass is 9.78. The molecule has 0 fully saturated rings. The topological polar surface area (TPSA) is 41.1 Å². The fourth-order valence-corrected chi connectivity index (χ4v) is 2.66. The standard InChI is InChI=1S/C17H17FN2O/c18-15-7-3-4-8-16(15)20-17(21)11-19-10-13-9-12-5-1-2-6-14(12)13/h1-8,13,19H,9-11H2,(H,20,21). The number of fused-ring (bicyclic) bond motifs is 1. The number of anilines is 1. The van der Waals surface area contributed by atoms with Crippen LogP contribution in [0, 0.1) is 5.82 Å². The van der Waals surface area contributed by atoms with Crippen LogP contribution in [0.2, 0.25) is 0 Å². The van der Waals surface area contributed by atoms with Gasteiger partial charge in [-0.15, -0.1) is 0 Å². The lowest BCUT2D eigenvalue weighted by molar-refractivity contribution is -0.115. The Hall–Kier alpha value is -2.20. The maximum atomic E-state index is 13.4. The van der Waals surface area contributed by atoms with Gasteiger partial charge in [-0.3, -0.25) is 4.79 Å². The largest absolute Gasteiger partial charge is 0.322 e. The third kappa shape index (κ3) is 3.11. The first kappa shape index (κ1) is 13.8. The second kappa shape index (κ2) is 6.06. The Labute approximate surface area is 123 Å². The van der Waals surface area contributed by atoms with Crippen molar-refractivity contribution in [1.29, 1.82) is 0 Å². The number of benzene rings is 2. The van der Waals surface area contributed by atoms with E-state index in [-0.39, 0.29) is 18.1 Å². The average molecular weight is 284 g/mol. The summed E-state index contributed by atoms with van der Waals surface area (Å²) in [6.45, 7) is 0.953. The van der Waals surface area contributed by atoms with Gasteiger partial charge in [0, 0.05) is 12.5 Å². The minimum atomic E-state index is -0.418. The van der Waals surface area contributed by atoms with Crippen LogP contribution in [0.3, 0.4) is 0 Å². The molecule has 1 aliphatic carbocycles. The summed E-state index contributed by atoms with van der Waals surface area (Å²) in [4.78, 5) is 11.8. The van der Waals surface area contributed by atoms with Gasteiger partial charge < -0.3 is 10.6 Å². The SMILES string of the molecule is O=C(CNCC1Cc2ccccc21)Nc1ccccc1F. The third-order valence-corrected chi connectivity index (χ3v) is 3.79. The number of nitrogens with one attached hydrogen (secondary N) is 2. The molecule has 2 aromatic rings. The lowest BCUT2D eigenvalue weighted by Gasteiger charge is -2.30. The Bertz CT molecular complexity index is 657. The van der Waals surface area contributed by atoms with E-state index >= 15 is 0 Å². The third-order valence-electron chi connectivity index (χ3n) is 3.79. The predicted molar refractivity (Wildman–Crippen MR) is 80.8 cm³/mol. The summed E-state index contributed by atoms with van der Waals surface area (Å²) >= 11 is 0. The Morgan fingerprint density at radius 2 is 1.90 bits per heavy atom. The highest BCUT2D eigenvalue weighted by atomic mass is 19.1. The average Bonchev–Trinajstić information content (AvgIpc) is 2.46. The van der Waals surface area contributed by atoms with E-state index in [1.54, 1.807) is 18.2 Å². The summed E-state index contributed by atoms with van der Waals surface area (Å²) in [6.07, 6.45) is 1.05. The van der Waals surface area contributed by atoms with Crippen LogP contribution in [0.25, 0.3) is 0 Å². The van der Waals surface area contributed by atoms with E-state index in [0.29, 0.717) is 5.92 Å². The van der Waals surface area contributed by atoms with Crippen LogP contribution in [-0.2, 0) is 11.2 Å². The van der Waals surface area contributed by atoms with Crippen molar-refractivity contribution in [2.45, 2.75) is 12.3 Å². The summed E-state index contributed by atoms with van der Waals surface area (Å²) in [7, 11) is 0. The zero-order valence-electron chi connectivity index (χ0n) is 11.6. The van der Waals surface area contributed by atoms with Crippen LogP contribution in [0.1, 0.15) is 17.0 Å². The van der Waals surface area contributed by atoms with Crippen molar-refractivity contribution >= 4 is 11.6 Å². The van der Waals surface area contributed by atoms with Crippen LogP contribution < -0.4 is 10.6 Å². The molecule has 21 heavy (non-hydrogen) atoms. The number of halogens is 1. The van der Waals surface area contributed by atoms with Crippen LogP contribution in [0.15, 0.2) is 48.5 Å². The molecule has 2 N–H and O–H groups in total. The van der Waals surface area contributed by atoms with Gasteiger partial charge in [0.25, 0.3) is 0 Å². The number of hydrogen-bond donors (Lipinski definition) is 2. The minimum absolute atomic E-state index is 0.188. The van der Waals surface area contributed by atoms with E-state index in [2.05, 4.69) is 22.8 Å². The maximum absolute atomic E-state index is 13.4. The fourth-order valence-electron chi connectivity index (χ4n) is 2.66. The molecule has 108 valence electrons. The van der Waals surface area contributed by atoms with Gasteiger partial charge in [-0.2, -0.15) is 0 Å². The van der Waals surface area contributed by atoms with Gasteiger partial charge >= 0.3 is 0 Å².